The number of anilines is 1. The molecule has 27 heavy (non-hydrogen) atoms. The number of Topliss-reactive ketones (excluding diaryl/α,β-unsaturated/α-hetero) is 1. The van der Waals surface area contributed by atoms with Gasteiger partial charge < -0.3 is 14.6 Å². The van der Waals surface area contributed by atoms with Crippen molar-refractivity contribution in [2.24, 2.45) is 0 Å². The van der Waals surface area contributed by atoms with Crippen LogP contribution in [0.15, 0.2) is 54.6 Å². The van der Waals surface area contributed by atoms with Gasteiger partial charge in [0.1, 0.15) is 5.75 Å². The van der Waals surface area contributed by atoms with E-state index in [9.17, 15) is 9.59 Å². The molecule has 5 nitrogen and oxygen atoms in total. The number of halogens is 1. The summed E-state index contributed by atoms with van der Waals surface area (Å²) < 4.78 is 7.10. The Bertz CT molecular complexity index is 1020. The van der Waals surface area contributed by atoms with Crippen molar-refractivity contribution in [2.45, 2.75) is 13.8 Å². The second kappa shape index (κ2) is 7.68. The van der Waals surface area contributed by atoms with E-state index in [1.54, 1.807) is 43.3 Å². The Hall–Kier alpha value is -3.05. The molecule has 3 aromatic rings. The number of ketones is 1. The van der Waals surface area contributed by atoms with Gasteiger partial charge in [-0.3, -0.25) is 9.59 Å². The predicted octanol–water partition coefficient (Wildman–Crippen LogP) is 4.58. The van der Waals surface area contributed by atoms with Crippen molar-refractivity contribution >= 4 is 29.0 Å². The van der Waals surface area contributed by atoms with Gasteiger partial charge in [-0.25, -0.2) is 0 Å². The van der Waals surface area contributed by atoms with Gasteiger partial charge in [0, 0.05) is 27.7 Å². The minimum absolute atomic E-state index is 0.347. The number of benzene rings is 2. The van der Waals surface area contributed by atoms with Crippen LogP contribution < -0.4 is 10.1 Å². The van der Waals surface area contributed by atoms with Gasteiger partial charge in [-0.15, -0.1) is 0 Å². The fourth-order valence-electron chi connectivity index (χ4n) is 3.05. The van der Waals surface area contributed by atoms with Crippen LogP contribution in [0, 0.1) is 13.8 Å². The zero-order valence-corrected chi connectivity index (χ0v) is 16.0. The third kappa shape index (κ3) is 3.73. The summed E-state index contributed by atoms with van der Waals surface area (Å²) >= 11 is 6.08. The normalized spacial score (nSPS) is 10.5. The zero-order valence-electron chi connectivity index (χ0n) is 15.2. The van der Waals surface area contributed by atoms with E-state index in [0.717, 1.165) is 11.4 Å². The summed E-state index contributed by atoms with van der Waals surface area (Å²) in [4.78, 5) is 25.2. The zero-order chi connectivity index (χ0) is 19.6. The van der Waals surface area contributed by atoms with Crippen molar-refractivity contribution in [2.75, 3.05) is 12.4 Å². The minimum Gasteiger partial charge on any atom is -0.495 e. The second-order valence-electron chi connectivity index (χ2n) is 6.08. The monoisotopic (exact) mass is 382 g/mol. The third-order valence-corrected chi connectivity index (χ3v) is 4.54. The molecule has 0 saturated carbocycles. The van der Waals surface area contributed by atoms with Gasteiger partial charge in [0.2, 0.25) is 0 Å². The minimum atomic E-state index is -0.717. The molecule has 0 aliphatic heterocycles. The quantitative estimate of drug-likeness (QED) is 0.519. The number of aryl methyl sites for hydroxylation is 1. The van der Waals surface area contributed by atoms with E-state index in [0.29, 0.717) is 27.7 Å². The van der Waals surface area contributed by atoms with Gasteiger partial charge in [-0.05, 0) is 50.2 Å². The molecule has 1 amide bonds. The van der Waals surface area contributed by atoms with Gasteiger partial charge in [0.05, 0.1) is 12.8 Å². The predicted molar refractivity (Wildman–Crippen MR) is 106 cm³/mol. The van der Waals surface area contributed by atoms with Crippen molar-refractivity contribution in [3.05, 3.63) is 76.6 Å². The number of aromatic nitrogens is 1. The lowest BCUT2D eigenvalue weighted by Gasteiger charge is -2.11. The molecule has 0 atom stereocenters. The van der Waals surface area contributed by atoms with Crippen LogP contribution in [0.1, 0.15) is 21.7 Å². The average molecular weight is 383 g/mol. The summed E-state index contributed by atoms with van der Waals surface area (Å²) in [6.45, 7) is 3.68. The molecule has 1 heterocycles. The molecule has 0 spiro atoms. The van der Waals surface area contributed by atoms with Gasteiger partial charge in [-0.2, -0.15) is 0 Å². The maximum atomic E-state index is 12.7. The fourth-order valence-corrected chi connectivity index (χ4v) is 3.24. The topological polar surface area (TPSA) is 60.3 Å². The van der Waals surface area contributed by atoms with E-state index in [4.69, 9.17) is 16.3 Å². The van der Waals surface area contributed by atoms with Crippen LogP contribution in [0.25, 0.3) is 5.69 Å². The first-order valence-electron chi connectivity index (χ1n) is 8.36. The SMILES string of the molecule is COc1ccccc1NC(=O)C(=O)c1cc(C)n(-c2cccc(Cl)c2)c1C. The van der Waals surface area contributed by atoms with E-state index in [1.807, 2.05) is 29.7 Å². The number of carbonyl (C=O) groups excluding carboxylic acids is 2. The number of para-hydroxylation sites is 2. The Morgan fingerprint density at radius 1 is 1.04 bits per heavy atom. The van der Waals surface area contributed by atoms with Crippen molar-refractivity contribution in [3.8, 4) is 11.4 Å². The second-order valence-corrected chi connectivity index (χ2v) is 6.52. The molecule has 0 aliphatic carbocycles. The first-order valence-corrected chi connectivity index (χ1v) is 8.73. The van der Waals surface area contributed by atoms with Gasteiger partial charge in [-0.1, -0.05) is 29.8 Å². The number of methoxy groups -OCH3 is 1. The largest absolute Gasteiger partial charge is 0.495 e. The van der Waals surface area contributed by atoms with Crippen LogP contribution in [-0.2, 0) is 4.79 Å². The molecule has 1 aromatic heterocycles. The molecule has 2 aromatic carbocycles. The lowest BCUT2D eigenvalue weighted by atomic mass is 10.1. The Labute approximate surface area is 162 Å². The molecule has 0 fully saturated rings. The first kappa shape index (κ1) is 18.7. The third-order valence-electron chi connectivity index (χ3n) is 4.30. The molecule has 0 radical (unpaired) electrons. The Balaban J connectivity index is 1.91. The summed E-state index contributed by atoms with van der Waals surface area (Å²) in [7, 11) is 1.51. The molecule has 138 valence electrons. The first-order chi connectivity index (χ1) is 12.9. The number of nitrogens with one attached hydrogen (secondary N) is 1. The summed E-state index contributed by atoms with van der Waals surface area (Å²) in [5, 5.41) is 3.22. The van der Waals surface area contributed by atoms with Crippen molar-refractivity contribution < 1.29 is 14.3 Å². The molecule has 3 rings (SSSR count). The van der Waals surface area contributed by atoms with Gasteiger partial charge >= 0.3 is 0 Å². The number of carbonyl (C=O) groups is 2. The number of ether oxygens (including phenoxy) is 1. The Morgan fingerprint density at radius 2 is 1.78 bits per heavy atom. The van der Waals surface area contributed by atoms with Crippen LogP contribution in [-0.4, -0.2) is 23.4 Å². The molecular formula is C21H19ClN2O3. The fraction of sp³-hybridized carbons (Fsp3) is 0.143. The highest BCUT2D eigenvalue weighted by molar-refractivity contribution is 6.47. The molecule has 0 unspecified atom stereocenters. The van der Waals surface area contributed by atoms with E-state index in [2.05, 4.69) is 5.32 Å². The van der Waals surface area contributed by atoms with Crippen LogP contribution in [0.3, 0.4) is 0 Å². The highest BCUT2D eigenvalue weighted by Crippen LogP contribution is 2.25. The van der Waals surface area contributed by atoms with Crippen LogP contribution in [0.2, 0.25) is 5.02 Å². The van der Waals surface area contributed by atoms with Crippen LogP contribution >= 0.6 is 11.6 Å². The van der Waals surface area contributed by atoms with E-state index >= 15 is 0 Å². The van der Waals surface area contributed by atoms with Crippen molar-refractivity contribution in [1.29, 1.82) is 0 Å². The lowest BCUT2D eigenvalue weighted by Crippen LogP contribution is -2.23. The van der Waals surface area contributed by atoms with Crippen LogP contribution in [0.4, 0.5) is 5.69 Å². The maximum absolute atomic E-state index is 12.7. The molecule has 0 aliphatic rings. The van der Waals surface area contributed by atoms with E-state index < -0.39 is 11.7 Å². The maximum Gasteiger partial charge on any atom is 0.296 e. The molecule has 0 bridgehead atoms. The van der Waals surface area contributed by atoms with E-state index in [1.165, 1.54) is 7.11 Å². The summed E-state index contributed by atoms with van der Waals surface area (Å²) in [5.74, 6) is -0.837. The lowest BCUT2D eigenvalue weighted by molar-refractivity contribution is -0.112. The Morgan fingerprint density at radius 3 is 2.48 bits per heavy atom. The standard InChI is InChI=1S/C21H19ClN2O3/c1-13-11-17(14(2)24(13)16-8-6-7-15(22)12-16)20(25)21(26)23-18-9-4-5-10-19(18)27-3/h4-12H,1-3H3,(H,23,26). The van der Waals surface area contributed by atoms with Gasteiger partial charge in [0.15, 0.2) is 0 Å². The number of amides is 1. The van der Waals surface area contributed by atoms with E-state index in [-0.39, 0.29) is 0 Å². The number of nitrogens with zero attached hydrogens (tertiary/aromatic N) is 1. The summed E-state index contributed by atoms with van der Waals surface area (Å²) in [6, 6.07) is 16.0. The molecule has 1 N–H and O–H groups in total. The molecule has 6 heteroatoms. The van der Waals surface area contributed by atoms with Crippen LogP contribution in [0.5, 0.6) is 5.75 Å². The Kier molecular flexibility index (Phi) is 5.33. The van der Waals surface area contributed by atoms with Crippen molar-refractivity contribution in [1.82, 2.24) is 4.57 Å². The van der Waals surface area contributed by atoms with Gasteiger partial charge in [0.25, 0.3) is 11.7 Å². The summed E-state index contributed by atoms with van der Waals surface area (Å²) in [5.41, 5.74) is 3.14. The number of hydrogen-bond donors (Lipinski definition) is 1. The average Bonchev–Trinajstić information content (AvgIpc) is 2.95. The highest BCUT2D eigenvalue weighted by atomic mass is 35.5. The summed E-state index contributed by atoms with van der Waals surface area (Å²) in [6.07, 6.45) is 0. The number of hydrogen-bond acceptors (Lipinski definition) is 3. The smallest absolute Gasteiger partial charge is 0.296 e. The number of rotatable bonds is 5. The molecule has 0 saturated heterocycles. The molecular weight excluding hydrogens is 364 g/mol. The van der Waals surface area contributed by atoms with Crippen molar-refractivity contribution in [3.63, 3.8) is 0 Å². The highest BCUT2D eigenvalue weighted by Gasteiger charge is 2.23.